The number of para-hydroxylation sites is 2. The topological polar surface area (TPSA) is 88.6 Å². The number of nitrogens with zero attached hydrogens (tertiary/aromatic N) is 3. The molecule has 0 saturated carbocycles. The number of phenols is 1. The maximum absolute atomic E-state index is 13.3. The molecule has 0 fully saturated rings. The van der Waals surface area contributed by atoms with E-state index in [9.17, 15) is 14.3 Å². The molecule has 6 nitrogen and oxygen atoms in total. The van der Waals surface area contributed by atoms with Gasteiger partial charge >= 0.3 is 0 Å². The monoisotopic (exact) mass is 367 g/mol. The number of phenolic OH excluding ortho intramolecular Hbond substituents is 1. The van der Waals surface area contributed by atoms with Gasteiger partial charge in [-0.3, -0.25) is 4.79 Å². The summed E-state index contributed by atoms with van der Waals surface area (Å²) < 4.78 is 19.0. The molecule has 8 heteroatoms. The van der Waals surface area contributed by atoms with Gasteiger partial charge in [-0.05, 0) is 24.3 Å². The summed E-state index contributed by atoms with van der Waals surface area (Å²) in [5, 5.41) is 18.7. The van der Waals surface area contributed by atoms with Gasteiger partial charge < -0.3 is 9.52 Å². The molecule has 0 atom stereocenters. The third-order valence-electron chi connectivity index (χ3n) is 3.59. The van der Waals surface area contributed by atoms with Crippen molar-refractivity contribution < 1.29 is 13.9 Å². The number of aliphatic imine (C=N–C) groups is 1. The molecule has 0 amide bonds. The summed E-state index contributed by atoms with van der Waals surface area (Å²) in [6.07, 6.45) is 1.29. The number of aromatic hydroxyl groups is 1. The summed E-state index contributed by atoms with van der Waals surface area (Å²) in [5.74, 6) is -0.924. The molecule has 0 saturated heterocycles. The number of fused-ring (bicyclic) bond motifs is 1. The van der Waals surface area contributed by atoms with E-state index in [0.29, 0.717) is 21.7 Å². The Bertz CT molecular complexity index is 1200. The first kappa shape index (κ1) is 16.1. The molecule has 1 N–H and O–H groups in total. The van der Waals surface area contributed by atoms with Crippen LogP contribution in [0.5, 0.6) is 5.75 Å². The smallest absolute Gasteiger partial charge is 0.232 e. The van der Waals surface area contributed by atoms with Crippen LogP contribution in [0.4, 0.5) is 9.52 Å². The number of aromatic nitrogens is 2. The number of halogens is 1. The summed E-state index contributed by atoms with van der Waals surface area (Å²) in [5.41, 5.74) is 0.505. The van der Waals surface area contributed by atoms with Crippen LogP contribution in [0.3, 0.4) is 0 Å². The fourth-order valence-electron chi connectivity index (χ4n) is 2.34. The second kappa shape index (κ2) is 6.49. The first-order valence-electron chi connectivity index (χ1n) is 7.50. The first-order chi connectivity index (χ1) is 12.6. The lowest BCUT2D eigenvalue weighted by molar-refractivity contribution is 0.431. The van der Waals surface area contributed by atoms with E-state index in [2.05, 4.69) is 15.2 Å². The zero-order chi connectivity index (χ0) is 18.1. The van der Waals surface area contributed by atoms with Crippen LogP contribution in [0.1, 0.15) is 5.56 Å². The second-order valence-corrected chi connectivity index (χ2v) is 6.25. The third kappa shape index (κ3) is 2.98. The highest BCUT2D eigenvalue weighted by molar-refractivity contribution is 7.18. The van der Waals surface area contributed by atoms with E-state index in [-0.39, 0.29) is 16.1 Å². The first-order valence-corrected chi connectivity index (χ1v) is 8.32. The Morgan fingerprint density at radius 2 is 2.00 bits per heavy atom. The van der Waals surface area contributed by atoms with E-state index in [1.807, 2.05) is 0 Å². The fraction of sp³-hybridized carbons (Fsp3) is 0. The Morgan fingerprint density at radius 1 is 1.15 bits per heavy atom. The van der Waals surface area contributed by atoms with Gasteiger partial charge in [0.25, 0.3) is 0 Å². The quantitative estimate of drug-likeness (QED) is 0.555. The largest absolute Gasteiger partial charge is 0.504 e. The number of benzene rings is 2. The van der Waals surface area contributed by atoms with Crippen molar-refractivity contribution in [3.8, 4) is 16.5 Å². The van der Waals surface area contributed by atoms with Crippen LogP contribution in [0, 0.1) is 5.82 Å². The van der Waals surface area contributed by atoms with Crippen LogP contribution < -0.4 is 5.43 Å². The van der Waals surface area contributed by atoms with E-state index in [1.165, 1.54) is 24.4 Å². The minimum atomic E-state index is -0.732. The van der Waals surface area contributed by atoms with E-state index >= 15 is 0 Å². The Hall–Kier alpha value is -3.39. The maximum Gasteiger partial charge on any atom is 0.232 e. The van der Waals surface area contributed by atoms with Crippen LogP contribution in [0.2, 0.25) is 0 Å². The van der Waals surface area contributed by atoms with E-state index < -0.39 is 11.6 Å². The summed E-state index contributed by atoms with van der Waals surface area (Å²) in [7, 11) is 0. The highest BCUT2D eigenvalue weighted by Crippen LogP contribution is 2.29. The van der Waals surface area contributed by atoms with Gasteiger partial charge in [-0.1, -0.05) is 29.5 Å². The Balaban J connectivity index is 1.67. The Labute approximate surface area is 149 Å². The van der Waals surface area contributed by atoms with Gasteiger partial charge in [0.15, 0.2) is 27.8 Å². The van der Waals surface area contributed by atoms with Gasteiger partial charge in [0.05, 0.1) is 5.39 Å². The van der Waals surface area contributed by atoms with Crippen LogP contribution in [0.25, 0.3) is 21.7 Å². The lowest BCUT2D eigenvalue weighted by Gasteiger charge is -1.98. The molecule has 4 rings (SSSR count). The van der Waals surface area contributed by atoms with Crippen molar-refractivity contribution in [1.29, 1.82) is 0 Å². The van der Waals surface area contributed by atoms with Crippen molar-refractivity contribution in [3.05, 3.63) is 70.1 Å². The van der Waals surface area contributed by atoms with Gasteiger partial charge in [0.2, 0.25) is 5.13 Å². The molecule has 2 aromatic carbocycles. The molecule has 26 heavy (non-hydrogen) atoms. The van der Waals surface area contributed by atoms with E-state index in [4.69, 9.17) is 4.42 Å². The molecule has 0 spiro atoms. The molecule has 128 valence electrons. The summed E-state index contributed by atoms with van der Waals surface area (Å²) >= 11 is 1.10. The Morgan fingerprint density at radius 3 is 2.88 bits per heavy atom. The zero-order valence-corrected chi connectivity index (χ0v) is 13.9. The van der Waals surface area contributed by atoms with E-state index in [0.717, 1.165) is 17.4 Å². The standard InChI is InChI=1S/C18H10FN3O3S/c19-12-6-3-4-10(16(12)24)9-20-18-22-21-17(26-18)15-8-13(23)11-5-1-2-7-14(11)25-15/h1-9,24H/b20-9+. The lowest BCUT2D eigenvalue weighted by atomic mass is 10.2. The summed E-state index contributed by atoms with van der Waals surface area (Å²) in [6.45, 7) is 0. The Kier molecular flexibility index (Phi) is 4.02. The molecule has 0 aliphatic rings. The van der Waals surface area contributed by atoms with Gasteiger partial charge in [0, 0.05) is 17.8 Å². The van der Waals surface area contributed by atoms with Gasteiger partial charge in [-0.15, -0.1) is 10.2 Å². The predicted octanol–water partition coefficient (Wildman–Crippen LogP) is 3.91. The van der Waals surface area contributed by atoms with Crippen molar-refractivity contribution in [1.82, 2.24) is 10.2 Å². The molecule has 4 aromatic rings. The number of hydrogen-bond acceptors (Lipinski definition) is 7. The predicted molar refractivity (Wildman–Crippen MR) is 96.7 cm³/mol. The molecule has 2 aromatic heterocycles. The molecular formula is C18H10FN3O3S. The van der Waals surface area contributed by atoms with Crippen LogP contribution in [-0.4, -0.2) is 21.5 Å². The molecule has 0 radical (unpaired) electrons. The van der Waals surface area contributed by atoms with E-state index in [1.54, 1.807) is 24.3 Å². The normalized spacial score (nSPS) is 11.4. The molecule has 0 aliphatic carbocycles. The zero-order valence-electron chi connectivity index (χ0n) is 13.1. The number of rotatable bonds is 3. The summed E-state index contributed by atoms with van der Waals surface area (Å²) in [6, 6.07) is 12.4. The van der Waals surface area contributed by atoms with Crippen molar-refractivity contribution in [3.63, 3.8) is 0 Å². The molecule has 0 aliphatic heterocycles. The average molecular weight is 367 g/mol. The molecular weight excluding hydrogens is 357 g/mol. The minimum absolute atomic E-state index is 0.174. The van der Waals surface area contributed by atoms with Crippen LogP contribution in [0.15, 0.2) is 62.7 Å². The van der Waals surface area contributed by atoms with Gasteiger partial charge in [-0.2, -0.15) is 0 Å². The van der Waals surface area contributed by atoms with Gasteiger partial charge in [0.1, 0.15) is 5.58 Å². The van der Waals surface area contributed by atoms with Crippen LogP contribution >= 0.6 is 11.3 Å². The number of hydrogen-bond donors (Lipinski definition) is 1. The fourth-order valence-corrected chi connectivity index (χ4v) is 2.98. The minimum Gasteiger partial charge on any atom is -0.504 e. The lowest BCUT2D eigenvalue weighted by Crippen LogP contribution is -1.99. The SMILES string of the molecule is O=c1cc(-c2nnc(/N=C/c3cccc(F)c3O)s2)oc2ccccc12. The van der Waals surface area contributed by atoms with Crippen molar-refractivity contribution >= 4 is 33.7 Å². The molecule has 0 unspecified atom stereocenters. The van der Waals surface area contributed by atoms with Crippen molar-refractivity contribution in [2.24, 2.45) is 4.99 Å². The highest BCUT2D eigenvalue weighted by atomic mass is 32.1. The van der Waals surface area contributed by atoms with Crippen LogP contribution in [-0.2, 0) is 0 Å². The molecule has 2 heterocycles. The summed E-state index contributed by atoms with van der Waals surface area (Å²) in [4.78, 5) is 16.2. The average Bonchev–Trinajstić information content (AvgIpc) is 3.12. The third-order valence-corrected chi connectivity index (χ3v) is 4.44. The van der Waals surface area contributed by atoms with Gasteiger partial charge in [-0.25, -0.2) is 9.38 Å². The second-order valence-electron chi connectivity index (χ2n) is 5.30. The van der Waals surface area contributed by atoms with Crippen molar-refractivity contribution in [2.75, 3.05) is 0 Å². The highest BCUT2D eigenvalue weighted by Gasteiger charge is 2.12. The molecule has 0 bridgehead atoms. The maximum atomic E-state index is 13.3. The van der Waals surface area contributed by atoms with Crippen molar-refractivity contribution in [2.45, 2.75) is 0 Å².